The van der Waals surface area contributed by atoms with Gasteiger partial charge in [0.15, 0.2) is 0 Å². The number of anilines is 2. The third kappa shape index (κ3) is 5.49. The van der Waals surface area contributed by atoms with Crippen LogP contribution in [-0.2, 0) is 26.2 Å². The highest BCUT2D eigenvalue weighted by Crippen LogP contribution is 2.49. The predicted octanol–water partition coefficient (Wildman–Crippen LogP) is 4.38. The van der Waals surface area contributed by atoms with Crippen molar-refractivity contribution in [2.24, 2.45) is 0 Å². The van der Waals surface area contributed by atoms with E-state index in [2.05, 4.69) is 11.0 Å². The first kappa shape index (κ1) is 27.3. The van der Waals surface area contributed by atoms with Crippen LogP contribution < -0.4 is 9.21 Å². The summed E-state index contributed by atoms with van der Waals surface area (Å²) < 4.78 is 34.6. The number of ether oxygens (including phenoxy) is 1. The molecule has 10 heteroatoms. The van der Waals surface area contributed by atoms with Crippen LogP contribution in [0.1, 0.15) is 72.4 Å². The molecular weight excluding hydrogens is 550 g/mol. The first-order valence-electron chi connectivity index (χ1n) is 15.1. The number of rotatable bonds is 10. The summed E-state index contributed by atoms with van der Waals surface area (Å²) in [4.78, 5) is 25.8. The van der Waals surface area contributed by atoms with E-state index in [0.29, 0.717) is 55.9 Å². The lowest BCUT2D eigenvalue weighted by molar-refractivity contribution is -0.118. The number of nitrogens with zero attached hydrogens (tertiary/aromatic N) is 5. The number of amides is 1. The zero-order valence-electron chi connectivity index (χ0n) is 23.7. The van der Waals surface area contributed by atoms with Crippen molar-refractivity contribution < 1.29 is 17.9 Å². The topological polar surface area (TPSA) is 95.9 Å². The fourth-order valence-corrected chi connectivity index (χ4v) is 8.26. The van der Waals surface area contributed by atoms with Crippen LogP contribution in [0.3, 0.4) is 0 Å². The van der Waals surface area contributed by atoms with Crippen LogP contribution in [0, 0.1) is 0 Å². The zero-order valence-corrected chi connectivity index (χ0v) is 24.5. The number of sulfonamides is 1. The summed E-state index contributed by atoms with van der Waals surface area (Å²) >= 11 is 0. The zero-order chi connectivity index (χ0) is 28.7. The molecule has 1 unspecified atom stereocenters. The average Bonchev–Trinajstić information content (AvgIpc) is 3.95. The molecule has 2 saturated carbocycles. The minimum atomic E-state index is -3.57. The molecule has 2 saturated heterocycles. The van der Waals surface area contributed by atoms with Gasteiger partial charge >= 0.3 is 0 Å². The Bertz CT molecular complexity index is 1540. The van der Waals surface area contributed by atoms with Crippen LogP contribution in [0.5, 0.6) is 0 Å². The van der Waals surface area contributed by atoms with E-state index in [0.717, 1.165) is 30.6 Å². The summed E-state index contributed by atoms with van der Waals surface area (Å²) in [5.74, 6) is 2.13. The molecule has 220 valence electrons. The van der Waals surface area contributed by atoms with Crippen molar-refractivity contribution in [2.45, 2.75) is 62.6 Å². The predicted molar refractivity (Wildman–Crippen MR) is 161 cm³/mol. The Kier molecular flexibility index (Phi) is 7.35. The van der Waals surface area contributed by atoms with Gasteiger partial charge < -0.3 is 14.5 Å². The van der Waals surface area contributed by atoms with Crippen LogP contribution in [0.15, 0.2) is 60.9 Å². The molecule has 9 nitrogen and oxygen atoms in total. The number of pyridine rings is 2. The highest BCUT2D eigenvalue weighted by Gasteiger charge is 2.42. The third-order valence-corrected chi connectivity index (χ3v) is 10.8. The molecule has 0 radical (unpaired) electrons. The Morgan fingerprint density at radius 2 is 1.76 bits per heavy atom. The van der Waals surface area contributed by atoms with E-state index in [1.54, 1.807) is 17.2 Å². The molecule has 2 atom stereocenters. The molecule has 4 fully saturated rings. The van der Waals surface area contributed by atoms with Gasteiger partial charge in [-0.3, -0.25) is 14.1 Å². The highest BCUT2D eigenvalue weighted by molar-refractivity contribution is 7.93. The van der Waals surface area contributed by atoms with Gasteiger partial charge in [0.2, 0.25) is 16.4 Å². The average molecular weight is 588 g/mol. The summed E-state index contributed by atoms with van der Waals surface area (Å²) in [5, 5.41) is 0. The second-order valence-corrected chi connectivity index (χ2v) is 14.0. The van der Waals surface area contributed by atoms with Crippen molar-refractivity contribution in [3.63, 3.8) is 0 Å². The Balaban J connectivity index is 1.22. The van der Waals surface area contributed by atoms with Gasteiger partial charge in [-0.05, 0) is 72.8 Å². The normalized spacial score (nSPS) is 23.8. The summed E-state index contributed by atoms with van der Waals surface area (Å²) in [7, 11) is -3.57. The maximum atomic E-state index is 13.5. The first-order chi connectivity index (χ1) is 20.5. The molecule has 1 amide bonds. The largest absolute Gasteiger partial charge is 0.375 e. The lowest BCUT2D eigenvalue weighted by Crippen LogP contribution is -2.49. The van der Waals surface area contributed by atoms with E-state index in [1.165, 1.54) is 28.3 Å². The fourth-order valence-electron chi connectivity index (χ4n) is 6.42. The van der Waals surface area contributed by atoms with Crippen LogP contribution >= 0.6 is 0 Å². The number of piperazine rings is 1. The molecule has 2 aromatic heterocycles. The number of carbonyl (C=O) groups is 1. The van der Waals surface area contributed by atoms with Gasteiger partial charge in [-0.2, -0.15) is 0 Å². The standard InChI is InChI=1S/C32H37N5O4S/c38-22-35-14-15-36(32-28(25-10-11-25)17-26(18-34-32)24-8-9-24)30(19-35)31-29(7-4-13-33-31)37-27(12-16-42(37,39)40)21-41-20-23-5-2-1-3-6-23/h1-7,13,17-18,22,24-25,27,30H,8-12,14-16,19-21H2/t27-,30?/m0/s1. The van der Waals surface area contributed by atoms with Crippen molar-refractivity contribution in [1.82, 2.24) is 14.9 Å². The molecule has 0 bridgehead atoms. The van der Waals surface area contributed by atoms with Gasteiger partial charge in [-0.1, -0.05) is 36.4 Å². The quantitative estimate of drug-likeness (QED) is 0.325. The van der Waals surface area contributed by atoms with Gasteiger partial charge in [-0.15, -0.1) is 0 Å². The third-order valence-electron chi connectivity index (χ3n) is 8.95. The molecule has 42 heavy (non-hydrogen) atoms. The Morgan fingerprint density at radius 3 is 2.52 bits per heavy atom. The first-order valence-corrected chi connectivity index (χ1v) is 16.7. The van der Waals surface area contributed by atoms with E-state index in [1.807, 2.05) is 42.6 Å². The van der Waals surface area contributed by atoms with E-state index in [-0.39, 0.29) is 24.4 Å². The Labute approximate surface area is 247 Å². The Morgan fingerprint density at radius 1 is 0.952 bits per heavy atom. The van der Waals surface area contributed by atoms with E-state index >= 15 is 0 Å². The summed E-state index contributed by atoms with van der Waals surface area (Å²) in [6.45, 7) is 2.30. The second-order valence-electron chi connectivity index (χ2n) is 12.0. The van der Waals surface area contributed by atoms with Crippen molar-refractivity contribution in [3.05, 3.63) is 83.3 Å². The summed E-state index contributed by atoms with van der Waals surface area (Å²) in [5.41, 5.74) is 4.86. The molecule has 2 aliphatic heterocycles. The van der Waals surface area contributed by atoms with Crippen molar-refractivity contribution in [2.75, 3.05) is 41.2 Å². The number of benzene rings is 1. The van der Waals surface area contributed by atoms with Crippen LogP contribution in [0.25, 0.3) is 0 Å². The molecule has 3 aromatic rings. The van der Waals surface area contributed by atoms with Gasteiger partial charge in [0, 0.05) is 32.0 Å². The summed E-state index contributed by atoms with van der Waals surface area (Å²) in [6.07, 6.45) is 9.87. The van der Waals surface area contributed by atoms with Crippen LogP contribution in [-0.4, -0.2) is 67.7 Å². The highest BCUT2D eigenvalue weighted by atomic mass is 32.2. The van der Waals surface area contributed by atoms with Crippen LogP contribution in [0.2, 0.25) is 0 Å². The molecule has 0 N–H and O–H groups in total. The number of hydrogen-bond acceptors (Lipinski definition) is 7. The van der Waals surface area contributed by atoms with Crippen LogP contribution in [0.4, 0.5) is 11.5 Å². The fraction of sp³-hybridized carbons (Fsp3) is 0.469. The van der Waals surface area contributed by atoms with Gasteiger partial charge in [0.25, 0.3) is 0 Å². The number of carbonyl (C=O) groups excluding carboxylic acids is 1. The summed E-state index contributed by atoms with van der Waals surface area (Å²) in [6, 6.07) is 15.2. The molecule has 2 aliphatic carbocycles. The SMILES string of the molecule is O=CN1CCN(c2ncc(C3CC3)cc2C2CC2)C(c2ncccc2N2[C@H](COCc3ccccc3)CCS2(=O)=O)C1. The van der Waals surface area contributed by atoms with Crippen molar-refractivity contribution >= 4 is 27.9 Å². The minimum Gasteiger partial charge on any atom is -0.375 e. The monoisotopic (exact) mass is 587 g/mol. The Hall–Kier alpha value is -3.50. The van der Waals surface area contributed by atoms with E-state index < -0.39 is 10.0 Å². The maximum Gasteiger partial charge on any atom is 0.235 e. The van der Waals surface area contributed by atoms with Gasteiger partial charge in [0.1, 0.15) is 5.82 Å². The van der Waals surface area contributed by atoms with Crippen molar-refractivity contribution in [1.29, 1.82) is 0 Å². The molecular formula is C32H37N5O4S. The lowest BCUT2D eigenvalue weighted by atomic mass is 10.0. The molecule has 4 heterocycles. The van der Waals surface area contributed by atoms with E-state index in [4.69, 9.17) is 14.7 Å². The minimum absolute atomic E-state index is 0.0611. The molecule has 7 rings (SSSR count). The second kappa shape index (κ2) is 11.3. The van der Waals surface area contributed by atoms with Gasteiger partial charge in [0.05, 0.1) is 42.4 Å². The maximum absolute atomic E-state index is 13.5. The molecule has 1 aromatic carbocycles. The van der Waals surface area contributed by atoms with E-state index in [9.17, 15) is 13.2 Å². The smallest absolute Gasteiger partial charge is 0.235 e. The molecule has 0 spiro atoms. The lowest BCUT2D eigenvalue weighted by Gasteiger charge is -2.42. The number of hydrogen-bond donors (Lipinski definition) is 0. The number of aromatic nitrogens is 2. The van der Waals surface area contributed by atoms with Crippen molar-refractivity contribution in [3.8, 4) is 0 Å². The van der Waals surface area contributed by atoms with Gasteiger partial charge in [-0.25, -0.2) is 13.4 Å². The molecule has 4 aliphatic rings.